The number of carbonyl (C=O) groups is 3. The molecule has 0 radical (unpaired) electrons. The van der Waals surface area contributed by atoms with Gasteiger partial charge in [-0.25, -0.2) is 8.78 Å². The minimum atomic E-state index is -1.02. The summed E-state index contributed by atoms with van der Waals surface area (Å²) in [5.74, 6) is -2.92. The van der Waals surface area contributed by atoms with E-state index in [2.05, 4.69) is 26.5 Å². The predicted molar refractivity (Wildman–Crippen MR) is 86.3 cm³/mol. The quantitative estimate of drug-likeness (QED) is 0.229. The van der Waals surface area contributed by atoms with E-state index in [9.17, 15) is 23.2 Å². The first-order valence-corrected chi connectivity index (χ1v) is 6.91. The van der Waals surface area contributed by atoms with Gasteiger partial charge in [-0.3, -0.25) is 19.8 Å². The minimum Gasteiger partial charge on any atom is -0.357 e. The molecule has 0 aromatic heterocycles. The molecule has 0 fully saturated rings. The van der Waals surface area contributed by atoms with Crippen molar-refractivity contribution in [2.75, 3.05) is 19.0 Å². The fourth-order valence-electron chi connectivity index (χ4n) is 1.62. The van der Waals surface area contributed by atoms with Crippen molar-refractivity contribution in [3.05, 3.63) is 29.8 Å². The minimum absolute atomic E-state index is 0.265. The summed E-state index contributed by atoms with van der Waals surface area (Å²) in [7, 11) is 1.35. The smallest absolute Gasteiger partial charge is 0.273 e. The van der Waals surface area contributed by atoms with E-state index in [4.69, 9.17) is 5.41 Å². The van der Waals surface area contributed by atoms with Crippen molar-refractivity contribution in [2.45, 2.75) is 6.04 Å². The molecule has 0 aliphatic rings. The number of carbonyl (C=O) groups excluding carboxylic acids is 3. The predicted octanol–water partition coefficient (Wildman–Crippen LogP) is -0.641. The van der Waals surface area contributed by atoms with Crippen LogP contribution in [0.5, 0.6) is 0 Å². The van der Waals surface area contributed by atoms with Crippen LogP contribution in [-0.4, -0.2) is 49.8 Å². The van der Waals surface area contributed by atoms with Crippen LogP contribution in [0.15, 0.2) is 23.3 Å². The van der Waals surface area contributed by atoms with Crippen molar-refractivity contribution >= 4 is 35.8 Å². The van der Waals surface area contributed by atoms with Gasteiger partial charge in [-0.15, -0.1) is 0 Å². The van der Waals surface area contributed by atoms with Gasteiger partial charge in [0.25, 0.3) is 5.91 Å². The fraction of sp³-hybridized carbons (Fsp3) is 0.214. The van der Waals surface area contributed by atoms with E-state index < -0.39 is 35.2 Å². The Hall–Kier alpha value is -3.37. The number of amides is 3. The summed E-state index contributed by atoms with van der Waals surface area (Å²) in [6, 6.07) is 1.59. The summed E-state index contributed by atoms with van der Waals surface area (Å²) in [6.07, 6.45) is 0.882. The second-order valence-electron chi connectivity index (χ2n) is 4.54. The van der Waals surface area contributed by atoms with E-state index in [1.807, 2.05) is 0 Å². The zero-order chi connectivity index (χ0) is 18.8. The molecule has 0 spiro atoms. The van der Waals surface area contributed by atoms with Crippen molar-refractivity contribution in [2.24, 2.45) is 5.10 Å². The van der Waals surface area contributed by atoms with Crippen molar-refractivity contribution in [3.63, 3.8) is 0 Å². The van der Waals surface area contributed by atoms with Crippen LogP contribution in [-0.2, 0) is 14.4 Å². The van der Waals surface area contributed by atoms with Crippen LogP contribution in [0, 0.1) is 17.0 Å². The summed E-state index contributed by atoms with van der Waals surface area (Å²) in [4.78, 5) is 33.9. The molecule has 3 amide bonds. The van der Waals surface area contributed by atoms with E-state index in [0.29, 0.717) is 12.6 Å². The highest BCUT2D eigenvalue weighted by Crippen LogP contribution is 2.14. The number of benzene rings is 1. The topological polar surface area (TPSA) is 136 Å². The van der Waals surface area contributed by atoms with Gasteiger partial charge >= 0.3 is 0 Å². The van der Waals surface area contributed by atoms with E-state index in [0.717, 1.165) is 18.2 Å². The van der Waals surface area contributed by atoms with Crippen LogP contribution in [0.4, 0.5) is 14.5 Å². The molecule has 0 bridgehead atoms. The number of anilines is 1. The lowest BCUT2D eigenvalue weighted by molar-refractivity contribution is -0.125. The molecular formula is C14H16F2N6O3. The Labute approximate surface area is 141 Å². The Bertz CT molecular complexity index is 695. The van der Waals surface area contributed by atoms with Gasteiger partial charge in [0.2, 0.25) is 12.3 Å². The third-order valence-electron chi connectivity index (χ3n) is 2.89. The third-order valence-corrected chi connectivity index (χ3v) is 2.89. The van der Waals surface area contributed by atoms with Gasteiger partial charge in [-0.05, 0) is 12.1 Å². The number of hydrogen-bond donors (Lipinski definition) is 5. The molecule has 0 aliphatic carbocycles. The third kappa shape index (κ3) is 5.97. The second kappa shape index (κ2) is 9.70. The first-order valence-electron chi connectivity index (χ1n) is 6.91. The molecule has 1 unspecified atom stereocenters. The van der Waals surface area contributed by atoms with Crippen LogP contribution in [0.2, 0.25) is 0 Å². The summed E-state index contributed by atoms with van der Waals surface area (Å²) < 4.78 is 26.5. The van der Waals surface area contributed by atoms with E-state index in [1.165, 1.54) is 7.05 Å². The fourth-order valence-corrected chi connectivity index (χ4v) is 1.62. The van der Waals surface area contributed by atoms with E-state index in [1.54, 1.807) is 0 Å². The maximum absolute atomic E-state index is 13.4. The Morgan fingerprint density at radius 2 is 2.08 bits per heavy atom. The SMILES string of the molecule is CNC(=O)C(CNC(=O)/C(C=N)=N/Nc1cc(F)ccc1F)NC=O. The average molecular weight is 354 g/mol. The van der Waals surface area contributed by atoms with Crippen LogP contribution in [0.1, 0.15) is 0 Å². The molecule has 1 aromatic carbocycles. The summed E-state index contributed by atoms with van der Waals surface area (Å²) in [6.45, 7) is -0.265. The Morgan fingerprint density at radius 1 is 1.36 bits per heavy atom. The molecule has 134 valence electrons. The molecule has 0 saturated heterocycles. The van der Waals surface area contributed by atoms with Gasteiger partial charge in [-0.1, -0.05) is 0 Å². The number of hydrazone groups is 1. The zero-order valence-corrected chi connectivity index (χ0v) is 13.1. The lowest BCUT2D eigenvalue weighted by Gasteiger charge is -2.15. The van der Waals surface area contributed by atoms with E-state index in [-0.39, 0.29) is 12.2 Å². The van der Waals surface area contributed by atoms with Gasteiger partial charge in [0.05, 0.1) is 11.9 Å². The number of halogens is 2. The lowest BCUT2D eigenvalue weighted by atomic mass is 10.2. The number of hydrogen-bond acceptors (Lipinski definition) is 6. The Morgan fingerprint density at radius 3 is 2.68 bits per heavy atom. The maximum atomic E-state index is 13.4. The van der Waals surface area contributed by atoms with Crippen molar-refractivity contribution in [1.82, 2.24) is 16.0 Å². The monoisotopic (exact) mass is 354 g/mol. The van der Waals surface area contributed by atoms with Crippen LogP contribution in [0.3, 0.4) is 0 Å². The van der Waals surface area contributed by atoms with Crippen molar-refractivity contribution in [3.8, 4) is 0 Å². The summed E-state index contributed by atoms with van der Waals surface area (Å²) in [5.41, 5.74) is 1.37. The number of nitrogens with zero attached hydrogens (tertiary/aromatic N) is 1. The summed E-state index contributed by atoms with van der Waals surface area (Å²) >= 11 is 0. The zero-order valence-electron chi connectivity index (χ0n) is 13.1. The maximum Gasteiger partial charge on any atom is 0.273 e. The average Bonchev–Trinajstić information content (AvgIpc) is 2.61. The van der Waals surface area contributed by atoms with Crippen molar-refractivity contribution in [1.29, 1.82) is 5.41 Å². The molecule has 11 heteroatoms. The standard InChI is InChI=1S/C14H16F2N6O3/c1-18-13(24)12(20-7-23)6-19-14(25)11(5-17)22-21-10-4-8(15)2-3-9(10)16/h2-5,7,12,17,21H,6H2,1H3,(H,18,24)(H,19,25)(H,20,23)/b17-5?,22-11+. The summed E-state index contributed by atoms with van der Waals surface area (Å²) in [5, 5.41) is 17.5. The van der Waals surface area contributed by atoms with Gasteiger partial charge in [0, 0.05) is 19.7 Å². The molecule has 0 heterocycles. The molecule has 1 aromatic rings. The molecule has 5 N–H and O–H groups in total. The highest BCUT2D eigenvalue weighted by molar-refractivity contribution is 6.60. The van der Waals surface area contributed by atoms with E-state index >= 15 is 0 Å². The lowest BCUT2D eigenvalue weighted by Crippen LogP contribution is -2.50. The normalized spacial score (nSPS) is 11.9. The number of likely N-dealkylation sites (N-methyl/N-ethyl adjacent to an activating group) is 1. The molecule has 1 atom stereocenters. The van der Waals surface area contributed by atoms with Gasteiger partial charge in [0.15, 0.2) is 5.71 Å². The first-order chi connectivity index (χ1) is 11.9. The van der Waals surface area contributed by atoms with Gasteiger partial charge < -0.3 is 21.4 Å². The molecular weight excluding hydrogens is 338 g/mol. The first kappa shape index (κ1) is 19.7. The number of rotatable bonds is 9. The Balaban J connectivity index is 2.76. The highest BCUT2D eigenvalue weighted by atomic mass is 19.1. The Kier molecular flexibility index (Phi) is 7.63. The molecule has 25 heavy (non-hydrogen) atoms. The highest BCUT2D eigenvalue weighted by Gasteiger charge is 2.18. The van der Waals surface area contributed by atoms with Crippen LogP contribution < -0.4 is 21.4 Å². The molecule has 0 aliphatic heterocycles. The number of nitrogens with one attached hydrogen (secondary N) is 5. The molecule has 0 saturated carbocycles. The largest absolute Gasteiger partial charge is 0.357 e. The van der Waals surface area contributed by atoms with Gasteiger partial charge in [-0.2, -0.15) is 5.10 Å². The van der Waals surface area contributed by atoms with Crippen molar-refractivity contribution < 1.29 is 23.2 Å². The van der Waals surface area contributed by atoms with Crippen LogP contribution in [0.25, 0.3) is 0 Å². The molecule has 9 nitrogen and oxygen atoms in total. The molecule has 1 rings (SSSR count). The second-order valence-corrected chi connectivity index (χ2v) is 4.54. The van der Waals surface area contributed by atoms with Crippen LogP contribution >= 0.6 is 0 Å². The van der Waals surface area contributed by atoms with Gasteiger partial charge in [0.1, 0.15) is 17.7 Å².